The predicted octanol–water partition coefficient (Wildman–Crippen LogP) is 4.03. The maximum atomic E-state index is 13.1. The molecule has 2 heterocycles. The highest BCUT2D eigenvalue weighted by atomic mass is 35.5. The molecule has 3 aromatic rings. The van der Waals surface area contributed by atoms with Gasteiger partial charge < -0.3 is 4.74 Å². The van der Waals surface area contributed by atoms with Gasteiger partial charge in [-0.1, -0.05) is 29.8 Å². The van der Waals surface area contributed by atoms with E-state index in [4.69, 9.17) is 16.3 Å². The molecule has 1 aliphatic heterocycles. The molecule has 0 saturated carbocycles. The highest BCUT2D eigenvalue weighted by molar-refractivity contribution is 6.40. The second-order valence-corrected chi connectivity index (χ2v) is 7.08. The van der Waals surface area contributed by atoms with Crippen LogP contribution in [0.1, 0.15) is 42.7 Å². The van der Waals surface area contributed by atoms with E-state index in [1.54, 1.807) is 42.5 Å². The van der Waals surface area contributed by atoms with Crippen LogP contribution in [0.2, 0.25) is 5.02 Å². The minimum absolute atomic E-state index is 0.00336. The average molecular weight is 432 g/mol. The van der Waals surface area contributed by atoms with Crippen LogP contribution < -0.4 is 9.64 Å². The summed E-state index contributed by atoms with van der Waals surface area (Å²) in [5.74, 6) is -2.69. The number of pyridine rings is 1. The van der Waals surface area contributed by atoms with Crippen LogP contribution in [-0.4, -0.2) is 29.7 Å². The number of nitriles is 1. The van der Waals surface area contributed by atoms with Crippen LogP contribution in [0.5, 0.6) is 5.75 Å². The van der Waals surface area contributed by atoms with E-state index in [2.05, 4.69) is 4.98 Å². The van der Waals surface area contributed by atoms with Crippen LogP contribution in [0, 0.1) is 11.3 Å². The first-order chi connectivity index (χ1) is 15.0. The van der Waals surface area contributed by atoms with Crippen molar-refractivity contribution in [2.75, 3.05) is 12.0 Å². The summed E-state index contributed by atoms with van der Waals surface area (Å²) in [7, 11) is 1.34. The summed E-state index contributed by atoms with van der Waals surface area (Å²) in [5.41, 5.74) is 0.958. The summed E-state index contributed by atoms with van der Waals surface area (Å²) in [6.07, 6.45) is 1.49. The first-order valence-corrected chi connectivity index (χ1v) is 9.55. The Balaban J connectivity index is 1.77. The van der Waals surface area contributed by atoms with Gasteiger partial charge in [-0.15, -0.1) is 0 Å². The fourth-order valence-corrected chi connectivity index (χ4v) is 3.69. The SMILES string of the molecule is COc1cc(N2C(=O)c3ccccc3C2=O)c(Cl)cc1C(=O)C(C#N)c1ccccn1. The Morgan fingerprint density at radius 2 is 1.74 bits per heavy atom. The number of ketones is 1. The highest BCUT2D eigenvalue weighted by Gasteiger charge is 2.38. The van der Waals surface area contributed by atoms with Crippen molar-refractivity contribution in [1.29, 1.82) is 5.26 Å². The minimum Gasteiger partial charge on any atom is -0.496 e. The molecule has 1 unspecified atom stereocenters. The average Bonchev–Trinajstić information content (AvgIpc) is 3.05. The largest absolute Gasteiger partial charge is 0.496 e. The molecule has 4 rings (SSSR count). The first-order valence-electron chi connectivity index (χ1n) is 9.18. The molecule has 0 spiro atoms. The Hall–Kier alpha value is -4.02. The number of amides is 2. The Labute approximate surface area is 182 Å². The van der Waals surface area contributed by atoms with E-state index in [1.165, 1.54) is 25.4 Å². The van der Waals surface area contributed by atoms with Crippen molar-refractivity contribution >= 4 is 34.9 Å². The summed E-state index contributed by atoms with van der Waals surface area (Å²) in [6.45, 7) is 0. The van der Waals surface area contributed by atoms with E-state index in [0.29, 0.717) is 0 Å². The number of rotatable bonds is 5. The molecule has 0 saturated heterocycles. The molecule has 0 radical (unpaired) electrons. The fourth-order valence-electron chi connectivity index (χ4n) is 3.44. The summed E-state index contributed by atoms with van der Waals surface area (Å²) in [6, 6.07) is 16.0. The predicted molar refractivity (Wildman–Crippen MR) is 113 cm³/mol. The molecule has 2 aromatic carbocycles. The van der Waals surface area contributed by atoms with E-state index in [9.17, 15) is 19.6 Å². The number of ether oxygens (including phenoxy) is 1. The molecular formula is C23H14ClN3O4. The van der Waals surface area contributed by atoms with E-state index in [1.807, 2.05) is 6.07 Å². The van der Waals surface area contributed by atoms with Crippen LogP contribution in [0.3, 0.4) is 0 Å². The van der Waals surface area contributed by atoms with Crippen molar-refractivity contribution in [3.05, 3.63) is 88.2 Å². The van der Waals surface area contributed by atoms with E-state index < -0.39 is 23.5 Å². The third-order valence-corrected chi connectivity index (χ3v) is 5.25. The molecule has 1 aromatic heterocycles. The van der Waals surface area contributed by atoms with Crippen molar-refractivity contribution in [1.82, 2.24) is 4.98 Å². The zero-order valence-electron chi connectivity index (χ0n) is 16.2. The molecular weight excluding hydrogens is 418 g/mol. The molecule has 31 heavy (non-hydrogen) atoms. The van der Waals surface area contributed by atoms with Crippen LogP contribution in [-0.2, 0) is 0 Å². The smallest absolute Gasteiger partial charge is 0.266 e. The lowest BCUT2D eigenvalue weighted by molar-refractivity contribution is 0.0924. The van der Waals surface area contributed by atoms with E-state index in [-0.39, 0.29) is 38.8 Å². The number of benzene rings is 2. The van der Waals surface area contributed by atoms with Gasteiger partial charge in [-0.2, -0.15) is 5.26 Å². The van der Waals surface area contributed by atoms with Gasteiger partial charge in [0.2, 0.25) is 0 Å². The highest BCUT2D eigenvalue weighted by Crippen LogP contribution is 2.39. The zero-order valence-corrected chi connectivity index (χ0v) is 17.0. The van der Waals surface area contributed by atoms with Gasteiger partial charge >= 0.3 is 0 Å². The number of methoxy groups -OCH3 is 1. The number of imide groups is 1. The van der Waals surface area contributed by atoms with Crippen LogP contribution in [0.15, 0.2) is 60.8 Å². The van der Waals surface area contributed by atoms with Gasteiger partial charge in [-0.05, 0) is 30.3 Å². The molecule has 1 aliphatic rings. The first kappa shape index (κ1) is 20.3. The van der Waals surface area contributed by atoms with E-state index in [0.717, 1.165) is 4.90 Å². The number of hydrogen-bond donors (Lipinski definition) is 0. The Bertz CT molecular complexity index is 1230. The second kappa shape index (κ2) is 8.01. The maximum absolute atomic E-state index is 13.1. The van der Waals surface area contributed by atoms with Crippen LogP contribution in [0.4, 0.5) is 5.69 Å². The zero-order chi connectivity index (χ0) is 22.1. The number of fused-ring (bicyclic) bond motifs is 1. The second-order valence-electron chi connectivity index (χ2n) is 6.68. The van der Waals surface area contributed by atoms with Crippen molar-refractivity contribution < 1.29 is 19.1 Å². The van der Waals surface area contributed by atoms with E-state index >= 15 is 0 Å². The number of aromatic nitrogens is 1. The number of nitrogens with zero attached hydrogens (tertiary/aromatic N) is 3. The normalized spacial score (nSPS) is 13.5. The summed E-state index contributed by atoms with van der Waals surface area (Å²) in [4.78, 5) is 43.7. The monoisotopic (exact) mass is 431 g/mol. The Kier molecular flexibility index (Phi) is 5.24. The molecule has 8 heteroatoms. The van der Waals surface area contributed by atoms with Gasteiger partial charge in [-0.3, -0.25) is 19.4 Å². The Morgan fingerprint density at radius 3 is 2.29 bits per heavy atom. The molecule has 152 valence electrons. The number of hydrogen-bond acceptors (Lipinski definition) is 6. The summed E-state index contributed by atoms with van der Waals surface area (Å²) >= 11 is 6.40. The van der Waals surface area contributed by atoms with Gasteiger partial charge in [-0.25, -0.2) is 4.90 Å². The minimum atomic E-state index is -1.17. The van der Waals surface area contributed by atoms with Crippen molar-refractivity contribution in [2.45, 2.75) is 5.92 Å². The lowest BCUT2D eigenvalue weighted by Gasteiger charge is -2.19. The molecule has 0 bridgehead atoms. The molecule has 7 nitrogen and oxygen atoms in total. The van der Waals surface area contributed by atoms with Gasteiger partial charge in [0, 0.05) is 12.3 Å². The fraction of sp³-hybridized carbons (Fsp3) is 0.0870. The lowest BCUT2D eigenvalue weighted by Crippen LogP contribution is -2.29. The molecule has 1 atom stereocenters. The van der Waals surface area contributed by atoms with Gasteiger partial charge in [0.05, 0.1) is 46.3 Å². The molecule has 0 fully saturated rings. The number of carbonyl (C=O) groups is 3. The van der Waals surface area contributed by atoms with Crippen molar-refractivity contribution in [2.24, 2.45) is 0 Å². The molecule has 0 aliphatic carbocycles. The van der Waals surface area contributed by atoms with Crippen molar-refractivity contribution in [3.8, 4) is 11.8 Å². The summed E-state index contributed by atoms with van der Waals surface area (Å²) < 4.78 is 5.34. The standard InChI is InChI=1S/C23H14ClN3O4/c1-31-20-11-19(27-22(29)13-6-2-3-7-14(13)23(27)30)17(24)10-15(20)21(28)16(12-25)18-8-4-5-9-26-18/h2-11,16H,1H3. The molecule has 0 N–H and O–H groups in total. The maximum Gasteiger partial charge on any atom is 0.266 e. The molecule has 2 amide bonds. The van der Waals surface area contributed by atoms with Gasteiger partial charge in [0.15, 0.2) is 11.7 Å². The third kappa shape index (κ3) is 3.33. The van der Waals surface area contributed by atoms with Gasteiger partial charge in [0.25, 0.3) is 11.8 Å². The Morgan fingerprint density at radius 1 is 1.10 bits per heavy atom. The number of anilines is 1. The van der Waals surface area contributed by atoms with Crippen molar-refractivity contribution in [3.63, 3.8) is 0 Å². The van der Waals surface area contributed by atoms with Gasteiger partial charge in [0.1, 0.15) is 5.75 Å². The third-order valence-electron chi connectivity index (χ3n) is 4.94. The topological polar surface area (TPSA) is 100 Å². The quantitative estimate of drug-likeness (QED) is 0.446. The van der Waals surface area contributed by atoms with Crippen LogP contribution >= 0.6 is 11.6 Å². The van der Waals surface area contributed by atoms with Crippen LogP contribution in [0.25, 0.3) is 0 Å². The number of carbonyl (C=O) groups excluding carboxylic acids is 3. The number of Topliss-reactive ketones (excluding diaryl/α,β-unsaturated/α-hetero) is 1. The summed E-state index contributed by atoms with van der Waals surface area (Å²) in [5, 5.41) is 9.56. The lowest BCUT2D eigenvalue weighted by atomic mass is 9.94. The number of halogens is 1.